The van der Waals surface area contributed by atoms with E-state index in [2.05, 4.69) is 13.8 Å². The van der Waals surface area contributed by atoms with Crippen molar-refractivity contribution < 1.29 is 13.2 Å². The maximum Gasteiger partial charge on any atom is 0.416 e. The minimum Gasteiger partial charge on any atom is -0.302 e. The largest absolute Gasteiger partial charge is 0.416 e. The fourth-order valence-corrected chi connectivity index (χ4v) is 1.78. The lowest BCUT2D eigenvalue weighted by Crippen LogP contribution is -2.22. The molecule has 1 rings (SSSR count). The molecule has 1 aromatic rings. The van der Waals surface area contributed by atoms with Crippen LogP contribution in [0, 0.1) is 5.92 Å². The Balaban J connectivity index is 2.72. The standard InChI is InChI=1S/C14H20F3N/c1-11(2)8-9-18(3)10-12-6-4-5-7-13(12)14(15,16)17/h4-7,11H,8-10H2,1-3H3. The second kappa shape index (κ2) is 6.23. The van der Waals surface area contributed by atoms with E-state index < -0.39 is 11.7 Å². The molecule has 0 aliphatic heterocycles. The Morgan fingerprint density at radius 2 is 1.78 bits per heavy atom. The van der Waals surface area contributed by atoms with Crippen molar-refractivity contribution in [1.82, 2.24) is 4.90 Å². The van der Waals surface area contributed by atoms with Crippen LogP contribution < -0.4 is 0 Å². The highest BCUT2D eigenvalue weighted by Crippen LogP contribution is 2.32. The van der Waals surface area contributed by atoms with Gasteiger partial charge in [-0.05, 0) is 37.6 Å². The van der Waals surface area contributed by atoms with Crippen molar-refractivity contribution in [3.63, 3.8) is 0 Å². The van der Waals surface area contributed by atoms with Crippen LogP contribution in [0.25, 0.3) is 0 Å². The molecule has 0 bridgehead atoms. The Bertz CT molecular complexity index is 372. The van der Waals surface area contributed by atoms with Gasteiger partial charge in [0.05, 0.1) is 5.56 Å². The summed E-state index contributed by atoms with van der Waals surface area (Å²) in [5.41, 5.74) is -0.183. The molecule has 1 aromatic carbocycles. The van der Waals surface area contributed by atoms with E-state index in [9.17, 15) is 13.2 Å². The monoisotopic (exact) mass is 259 g/mol. The lowest BCUT2D eigenvalue weighted by Gasteiger charge is -2.20. The number of alkyl halides is 3. The van der Waals surface area contributed by atoms with Gasteiger partial charge >= 0.3 is 6.18 Å². The topological polar surface area (TPSA) is 3.24 Å². The number of hydrogen-bond acceptors (Lipinski definition) is 1. The minimum absolute atomic E-state index is 0.336. The highest BCUT2D eigenvalue weighted by atomic mass is 19.4. The van der Waals surface area contributed by atoms with E-state index in [1.54, 1.807) is 12.1 Å². The van der Waals surface area contributed by atoms with Crippen molar-refractivity contribution in [2.45, 2.75) is 33.0 Å². The van der Waals surface area contributed by atoms with Crippen molar-refractivity contribution in [1.29, 1.82) is 0 Å². The molecule has 0 amide bonds. The zero-order chi connectivity index (χ0) is 13.8. The third-order valence-corrected chi connectivity index (χ3v) is 2.85. The Hall–Kier alpha value is -1.03. The zero-order valence-corrected chi connectivity index (χ0v) is 11.1. The van der Waals surface area contributed by atoms with E-state index in [0.717, 1.165) is 19.0 Å². The SMILES string of the molecule is CC(C)CCN(C)Cc1ccccc1C(F)(F)F. The lowest BCUT2D eigenvalue weighted by molar-refractivity contribution is -0.138. The molecule has 0 fully saturated rings. The second-order valence-corrected chi connectivity index (χ2v) is 5.08. The molecule has 0 aliphatic rings. The first-order chi connectivity index (χ1) is 8.30. The van der Waals surface area contributed by atoms with Gasteiger partial charge in [0.25, 0.3) is 0 Å². The Morgan fingerprint density at radius 1 is 1.17 bits per heavy atom. The van der Waals surface area contributed by atoms with Gasteiger partial charge in [-0.1, -0.05) is 32.0 Å². The molecule has 0 N–H and O–H groups in total. The number of halogens is 3. The van der Waals surface area contributed by atoms with Crippen LogP contribution in [-0.2, 0) is 12.7 Å². The van der Waals surface area contributed by atoms with E-state index in [1.165, 1.54) is 6.07 Å². The van der Waals surface area contributed by atoms with Gasteiger partial charge in [0.1, 0.15) is 0 Å². The summed E-state index contributed by atoms with van der Waals surface area (Å²) in [5, 5.41) is 0. The van der Waals surface area contributed by atoms with Crippen molar-refractivity contribution >= 4 is 0 Å². The highest BCUT2D eigenvalue weighted by molar-refractivity contribution is 5.29. The molecule has 0 saturated heterocycles. The van der Waals surface area contributed by atoms with Gasteiger partial charge < -0.3 is 4.90 Å². The van der Waals surface area contributed by atoms with E-state index >= 15 is 0 Å². The van der Waals surface area contributed by atoms with Crippen LogP contribution in [0.15, 0.2) is 24.3 Å². The maximum absolute atomic E-state index is 12.8. The number of hydrogen-bond donors (Lipinski definition) is 0. The third kappa shape index (κ3) is 4.69. The van der Waals surface area contributed by atoms with Crippen LogP contribution >= 0.6 is 0 Å². The predicted octanol–water partition coefficient (Wildman–Crippen LogP) is 4.18. The first-order valence-corrected chi connectivity index (χ1v) is 6.14. The van der Waals surface area contributed by atoms with Crippen LogP contribution in [-0.4, -0.2) is 18.5 Å². The highest BCUT2D eigenvalue weighted by Gasteiger charge is 2.32. The molecule has 0 atom stereocenters. The summed E-state index contributed by atoms with van der Waals surface area (Å²) in [6, 6.07) is 5.78. The fourth-order valence-electron chi connectivity index (χ4n) is 1.78. The molecule has 102 valence electrons. The minimum atomic E-state index is -4.27. The van der Waals surface area contributed by atoms with E-state index in [4.69, 9.17) is 0 Å². The molecular formula is C14H20F3N. The molecule has 1 nitrogen and oxygen atoms in total. The van der Waals surface area contributed by atoms with E-state index in [1.807, 2.05) is 11.9 Å². The summed E-state index contributed by atoms with van der Waals surface area (Å²) >= 11 is 0. The summed E-state index contributed by atoms with van der Waals surface area (Å²) in [6.45, 7) is 5.36. The molecule has 0 unspecified atom stereocenters. The van der Waals surface area contributed by atoms with Gasteiger partial charge in [0.2, 0.25) is 0 Å². The first-order valence-electron chi connectivity index (χ1n) is 6.14. The molecule has 4 heteroatoms. The molecule has 18 heavy (non-hydrogen) atoms. The summed E-state index contributed by atoms with van der Waals surface area (Å²) < 4.78 is 38.4. The molecule has 0 aliphatic carbocycles. The molecule has 0 saturated carbocycles. The van der Waals surface area contributed by atoms with Crippen molar-refractivity contribution in [2.24, 2.45) is 5.92 Å². The normalized spacial score (nSPS) is 12.4. The van der Waals surface area contributed by atoms with Crippen LogP contribution in [0.5, 0.6) is 0 Å². The van der Waals surface area contributed by atoms with Gasteiger partial charge in [0.15, 0.2) is 0 Å². The van der Waals surface area contributed by atoms with Crippen LogP contribution in [0.3, 0.4) is 0 Å². The molecular weight excluding hydrogens is 239 g/mol. The van der Waals surface area contributed by atoms with Gasteiger partial charge in [0, 0.05) is 6.54 Å². The van der Waals surface area contributed by atoms with E-state index in [0.29, 0.717) is 18.0 Å². The summed E-state index contributed by atoms with van der Waals surface area (Å²) in [6.07, 6.45) is -3.28. The average Bonchev–Trinajstić information content (AvgIpc) is 2.25. The van der Waals surface area contributed by atoms with Gasteiger partial charge in [-0.3, -0.25) is 0 Å². The quantitative estimate of drug-likeness (QED) is 0.766. The van der Waals surface area contributed by atoms with Crippen LogP contribution in [0.2, 0.25) is 0 Å². The van der Waals surface area contributed by atoms with Crippen molar-refractivity contribution in [3.05, 3.63) is 35.4 Å². The predicted molar refractivity (Wildman–Crippen MR) is 67.2 cm³/mol. The van der Waals surface area contributed by atoms with Gasteiger partial charge in [-0.2, -0.15) is 13.2 Å². The number of rotatable bonds is 5. The third-order valence-electron chi connectivity index (χ3n) is 2.85. The molecule has 0 radical (unpaired) electrons. The zero-order valence-electron chi connectivity index (χ0n) is 11.1. The smallest absolute Gasteiger partial charge is 0.302 e. The van der Waals surface area contributed by atoms with Crippen LogP contribution in [0.1, 0.15) is 31.4 Å². The Morgan fingerprint density at radius 3 is 2.33 bits per heavy atom. The Labute approximate surface area is 107 Å². The second-order valence-electron chi connectivity index (χ2n) is 5.08. The van der Waals surface area contributed by atoms with Crippen molar-refractivity contribution in [2.75, 3.05) is 13.6 Å². The van der Waals surface area contributed by atoms with Gasteiger partial charge in [-0.15, -0.1) is 0 Å². The summed E-state index contributed by atoms with van der Waals surface area (Å²) in [7, 11) is 1.86. The molecule has 0 aromatic heterocycles. The lowest BCUT2D eigenvalue weighted by atomic mass is 10.1. The first kappa shape index (κ1) is 15.0. The number of benzene rings is 1. The van der Waals surface area contributed by atoms with Crippen molar-refractivity contribution in [3.8, 4) is 0 Å². The summed E-state index contributed by atoms with van der Waals surface area (Å²) in [4.78, 5) is 1.94. The molecule has 0 spiro atoms. The average molecular weight is 259 g/mol. The van der Waals surface area contributed by atoms with E-state index in [-0.39, 0.29) is 0 Å². The summed E-state index contributed by atoms with van der Waals surface area (Å²) in [5.74, 6) is 0.560. The maximum atomic E-state index is 12.8. The Kier molecular flexibility index (Phi) is 5.20. The van der Waals surface area contributed by atoms with Crippen LogP contribution in [0.4, 0.5) is 13.2 Å². The fraction of sp³-hybridized carbons (Fsp3) is 0.571. The van der Waals surface area contributed by atoms with Gasteiger partial charge in [-0.25, -0.2) is 0 Å². The number of nitrogens with zero attached hydrogens (tertiary/aromatic N) is 1. The molecule has 0 heterocycles.